The van der Waals surface area contributed by atoms with E-state index in [1.807, 2.05) is 38.1 Å². The molecule has 0 aliphatic carbocycles. The number of rotatable bonds is 8. The van der Waals surface area contributed by atoms with Crippen molar-refractivity contribution >= 4 is 23.0 Å². The molecule has 3 N–H and O–H groups in total. The smallest absolute Gasteiger partial charge is 0.193 e. The van der Waals surface area contributed by atoms with Crippen LogP contribution < -0.4 is 15.8 Å². The molecular weight excluding hydrogens is 382 g/mol. The summed E-state index contributed by atoms with van der Waals surface area (Å²) < 4.78 is 5.66. The Morgan fingerprint density at radius 3 is 2.66 bits per heavy atom. The van der Waals surface area contributed by atoms with E-state index in [0.717, 1.165) is 56.9 Å². The monoisotopic (exact) mass is 415 g/mol. The van der Waals surface area contributed by atoms with Gasteiger partial charge in [0.1, 0.15) is 5.75 Å². The van der Waals surface area contributed by atoms with Crippen LogP contribution in [-0.2, 0) is 13.0 Å². The van der Waals surface area contributed by atoms with E-state index in [-0.39, 0.29) is 6.10 Å². The molecule has 3 rings (SSSR count). The third-order valence-electron chi connectivity index (χ3n) is 5.01. The predicted octanol–water partition coefficient (Wildman–Crippen LogP) is 4.13. The zero-order chi connectivity index (χ0) is 20.6. The molecule has 0 spiro atoms. The molecule has 158 valence electrons. The first-order chi connectivity index (χ1) is 14.0. The summed E-state index contributed by atoms with van der Waals surface area (Å²) in [5.74, 6) is 1.92. The van der Waals surface area contributed by atoms with E-state index in [0.29, 0.717) is 11.9 Å². The van der Waals surface area contributed by atoms with E-state index < -0.39 is 0 Å². The SMILES string of the molecule is CCc1nc(CN2CCC(CN=C(N)Nc3ccc(OC(C)C)cc3)CC2)cs1. The molecule has 0 saturated carbocycles. The molecule has 0 unspecified atom stereocenters. The number of anilines is 1. The van der Waals surface area contributed by atoms with Crippen LogP contribution in [0.15, 0.2) is 34.6 Å². The molecule has 1 saturated heterocycles. The molecule has 2 heterocycles. The van der Waals surface area contributed by atoms with Crippen molar-refractivity contribution in [1.82, 2.24) is 9.88 Å². The van der Waals surface area contributed by atoms with Gasteiger partial charge in [0.15, 0.2) is 5.96 Å². The van der Waals surface area contributed by atoms with Crippen LogP contribution in [-0.4, -0.2) is 41.6 Å². The molecule has 0 bridgehead atoms. The van der Waals surface area contributed by atoms with Gasteiger partial charge in [-0.05, 0) is 76.4 Å². The van der Waals surface area contributed by atoms with Crippen LogP contribution in [0, 0.1) is 5.92 Å². The fraction of sp³-hybridized carbons (Fsp3) is 0.545. The van der Waals surface area contributed by atoms with Crippen LogP contribution in [0.25, 0.3) is 0 Å². The Hall–Kier alpha value is -2.12. The van der Waals surface area contributed by atoms with Crippen LogP contribution in [0.3, 0.4) is 0 Å². The van der Waals surface area contributed by atoms with Gasteiger partial charge >= 0.3 is 0 Å². The number of nitrogens with one attached hydrogen (secondary N) is 1. The van der Waals surface area contributed by atoms with Crippen LogP contribution >= 0.6 is 11.3 Å². The standard InChI is InChI=1S/C22H33N5OS/c1-4-21-25-19(15-29-21)14-27-11-9-17(10-12-27)13-24-22(23)26-18-5-7-20(8-6-18)28-16(2)3/h5-8,15-17H,4,9-14H2,1-3H3,(H3,23,24,26). The number of aliphatic imine (C=N–C) groups is 1. The molecule has 0 amide bonds. The Labute approximate surface area is 178 Å². The van der Waals surface area contributed by atoms with Crippen molar-refractivity contribution in [2.75, 3.05) is 25.0 Å². The van der Waals surface area contributed by atoms with Gasteiger partial charge in [0.2, 0.25) is 0 Å². The number of guanidine groups is 1. The number of nitrogens with two attached hydrogens (primary N) is 1. The van der Waals surface area contributed by atoms with Crippen molar-refractivity contribution < 1.29 is 4.74 Å². The topological polar surface area (TPSA) is 75.8 Å². The minimum atomic E-state index is 0.169. The van der Waals surface area contributed by atoms with Crippen LogP contribution in [0.4, 0.5) is 5.69 Å². The highest BCUT2D eigenvalue weighted by atomic mass is 32.1. The molecular formula is C22H33N5OS. The summed E-state index contributed by atoms with van der Waals surface area (Å²) in [6.07, 6.45) is 3.50. The summed E-state index contributed by atoms with van der Waals surface area (Å²) in [7, 11) is 0. The van der Waals surface area contributed by atoms with Gasteiger partial charge in [-0.3, -0.25) is 9.89 Å². The summed E-state index contributed by atoms with van der Waals surface area (Å²) in [6, 6.07) is 7.80. The van der Waals surface area contributed by atoms with E-state index in [1.54, 1.807) is 11.3 Å². The quantitative estimate of drug-likeness (QED) is 0.501. The van der Waals surface area contributed by atoms with E-state index >= 15 is 0 Å². The highest BCUT2D eigenvalue weighted by Gasteiger charge is 2.19. The fourth-order valence-corrected chi connectivity index (χ4v) is 4.18. The lowest BCUT2D eigenvalue weighted by molar-refractivity contribution is 0.179. The zero-order valence-corrected chi connectivity index (χ0v) is 18.5. The lowest BCUT2D eigenvalue weighted by Gasteiger charge is -2.30. The van der Waals surface area contributed by atoms with Gasteiger partial charge in [-0.2, -0.15) is 0 Å². The molecule has 1 fully saturated rings. The maximum Gasteiger partial charge on any atom is 0.193 e. The molecule has 7 heteroatoms. The fourth-order valence-electron chi connectivity index (χ4n) is 3.44. The van der Waals surface area contributed by atoms with E-state index in [9.17, 15) is 0 Å². The number of likely N-dealkylation sites (tertiary alicyclic amines) is 1. The molecule has 2 aromatic rings. The second kappa shape index (κ2) is 10.6. The largest absolute Gasteiger partial charge is 0.491 e. The van der Waals surface area contributed by atoms with Crippen molar-refractivity contribution in [1.29, 1.82) is 0 Å². The van der Waals surface area contributed by atoms with Crippen molar-refractivity contribution in [3.63, 3.8) is 0 Å². The molecule has 0 radical (unpaired) electrons. The predicted molar refractivity (Wildman–Crippen MR) is 122 cm³/mol. The average molecular weight is 416 g/mol. The minimum Gasteiger partial charge on any atom is -0.491 e. The molecule has 1 aliphatic heterocycles. The van der Waals surface area contributed by atoms with Crippen molar-refractivity contribution in [2.24, 2.45) is 16.6 Å². The van der Waals surface area contributed by atoms with E-state index in [4.69, 9.17) is 10.5 Å². The Morgan fingerprint density at radius 2 is 2.03 bits per heavy atom. The van der Waals surface area contributed by atoms with Gasteiger partial charge in [0, 0.05) is 24.2 Å². The number of piperidine rings is 1. The number of thiazole rings is 1. The van der Waals surface area contributed by atoms with E-state index in [1.165, 1.54) is 10.7 Å². The number of ether oxygens (including phenoxy) is 1. The van der Waals surface area contributed by atoms with Crippen LogP contribution in [0.5, 0.6) is 5.75 Å². The second-order valence-corrected chi connectivity index (χ2v) is 8.79. The third-order valence-corrected chi connectivity index (χ3v) is 6.05. The molecule has 0 atom stereocenters. The maximum absolute atomic E-state index is 6.08. The van der Waals surface area contributed by atoms with Crippen LogP contribution in [0.2, 0.25) is 0 Å². The first-order valence-corrected chi connectivity index (χ1v) is 11.4. The number of hydrogen-bond donors (Lipinski definition) is 2. The Kier molecular flexibility index (Phi) is 7.89. The number of hydrogen-bond acceptors (Lipinski definition) is 5. The lowest BCUT2D eigenvalue weighted by Crippen LogP contribution is -2.34. The number of nitrogens with zero attached hydrogens (tertiary/aromatic N) is 3. The lowest BCUT2D eigenvalue weighted by atomic mass is 9.97. The first-order valence-electron chi connectivity index (χ1n) is 10.5. The second-order valence-electron chi connectivity index (χ2n) is 7.85. The van der Waals surface area contributed by atoms with Gasteiger partial charge in [0.25, 0.3) is 0 Å². The summed E-state index contributed by atoms with van der Waals surface area (Å²) in [5, 5.41) is 6.59. The molecule has 6 nitrogen and oxygen atoms in total. The van der Waals surface area contributed by atoms with Crippen molar-refractivity contribution in [3.8, 4) is 5.75 Å². The average Bonchev–Trinajstić information content (AvgIpc) is 3.16. The van der Waals surface area contributed by atoms with Gasteiger partial charge in [-0.1, -0.05) is 6.92 Å². The zero-order valence-electron chi connectivity index (χ0n) is 17.7. The molecule has 29 heavy (non-hydrogen) atoms. The van der Waals surface area contributed by atoms with Crippen molar-refractivity contribution in [2.45, 2.75) is 52.7 Å². The van der Waals surface area contributed by atoms with Crippen LogP contribution in [0.1, 0.15) is 44.3 Å². The summed E-state index contributed by atoms with van der Waals surface area (Å²) >= 11 is 1.77. The molecule has 1 aliphatic rings. The van der Waals surface area contributed by atoms with Crippen molar-refractivity contribution in [3.05, 3.63) is 40.3 Å². The molecule has 1 aromatic heterocycles. The van der Waals surface area contributed by atoms with Gasteiger partial charge in [0.05, 0.1) is 16.8 Å². The van der Waals surface area contributed by atoms with Gasteiger partial charge in [-0.15, -0.1) is 11.3 Å². The maximum atomic E-state index is 6.08. The highest BCUT2D eigenvalue weighted by Crippen LogP contribution is 2.21. The third kappa shape index (κ3) is 7.01. The highest BCUT2D eigenvalue weighted by molar-refractivity contribution is 7.09. The normalized spacial score (nSPS) is 16.3. The van der Waals surface area contributed by atoms with Gasteiger partial charge < -0.3 is 15.8 Å². The summed E-state index contributed by atoms with van der Waals surface area (Å²) in [6.45, 7) is 10.1. The first kappa shape index (κ1) is 21.6. The number of aromatic nitrogens is 1. The summed E-state index contributed by atoms with van der Waals surface area (Å²) in [4.78, 5) is 11.7. The Bertz CT molecular complexity index is 779. The van der Waals surface area contributed by atoms with Gasteiger partial charge in [-0.25, -0.2) is 4.98 Å². The Morgan fingerprint density at radius 1 is 1.31 bits per heavy atom. The molecule has 1 aromatic carbocycles. The number of benzene rings is 1. The minimum absolute atomic E-state index is 0.169. The Balaban J connectivity index is 1.40. The summed E-state index contributed by atoms with van der Waals surface area (Å²) in [5.41, 5.74) is 8.21. The number of aryl methyl sites for hydroxylation is 1. The van der Waals surface area contributed by atoms with E-state index in [2.05, 4.69) is 32.5 Å².